The maximum Gasteiger partial charge on any atom is 0.315 e. The number of rotatable bonds is 7. The van der Waals surface area contributed by atoms with E-state index in [9.17, 15) is 14.4 Å². The second kappa shape index (κ2) is 11.1. The number of nitrogens with two attached hydrogens (primary N) is 1. The molecule has 9 heteroatoms. The van der Waals surface area contributed by atoms with E-state index in [-0.39, 0.29) is 24.8 Å². The Labute approximate surface area is 183 Å². The van der Waals surface area contributed by atoms with Gasteiger partial charge in [0.1, 0.15) is 6.42 Å². The normalized spacial score (nSPS) is 18.6. The van der Waals surface area contributed by atoms with Crippen molar-refractivity contribution in [1.29, 1.82) is 0 Å². The van der Waals surface area contributed by atoms with Gasteiger partial charge in [0.25, 0.3) is 0 Å². The highest BCUT2D eigenvalue weighted by molar-refractivity contribution is 5.94. The van der Waals surface area contributed by atoms with Crippen LogP contribution in [-0.2, 0) is 19.1 Å². The van der Waals surface area contributed by atoms with Crippen molar-refractivity contribution in [3.63, 3.8) is 0 Å². The van der Waals surface area contributed by atoms with Crippen LogP contribution in [0.2, 0.25) is 0 Å². The summed E-state index contributed by atoms with van der Waals surface area (Å²) >= 11 is 0. The smallest absolute Gasteiger partial charge is 0.315 e. The van der Waals surface area contributed by atoms with Gasteiger partial charge < -0.3 is 25.2 Å². The fourth-order valence-corrected chi connectivity index (χ4v) is 4.30. The summed E-state index contributed by atoms with van der Waals surface area (Å²) in [7, 11) is 0. The summed E-state index contributed by atoms with van der Waals surface area (Å²) in [6, 6.07) is 3.44. The second-order valence-electron chi connectivity index (χ2n) is 8.17. The molecule has 170 valence electrons. The van der Waals surface area contributed by atoms with Gasteiger partial charge in [0, 0.05) is 57.3 Å². The molecule has 31 heavy (non-hydrogen) atoms. The zero-order valence-electron chi connectivity index (χ0n) is 18.2. The number of hydrogen-bond donors (Lipinski definition) is 1. The summed E-state index contributed by atoms with van der Waals surface area (Å²) in [5.74, 6) is -0.352. The number of anilines is 1. The average Bonchev–Trinajstić information content (AvgIpc) is 2.80. The van der Waals surface area contributed by atoms with Crippen LogP contribution in [0.25, 0.3) is 0 Å². The first-order valence-electron chi connectivity index (χ1n) is 11.1. The molecular formula is C22H33N5O4. The van der Waals surface area contributed by atoms with Crippen LogP contribution in [0.5, 0.6) is 0 Å². The van der Waals surface area contributed by atoms with Crippen LogP contribution in [0.3, 0.4) is 0 Å². The van der Waals surface area contributed by atoms with Crippen LogP contribution in [0.1, 0.15) is 32.6 Å². The van der Waals surface area contributed by atoms with Crippen molar-refractivity contribution in [1.82, 2.24) is 14.8 Å². The standard InChI is InChI=1S/C22H33N5O4/c1-2-31-21(29)16-20(28)26-9-5-17(6-10-26)15-19(23)22(30)27-13-11-25(12-14-27)18-3-7-24-8-4-18/h3-4,7-8,17,19H,2,5-6,9-16,23H2,1H3/t19-/m0/s1. The number of ether oxygens (including phenoxy) is 1. The number of esters is 1. The van der Waals surface area contributed by atoms with Crippen molar-refractivity contribution < 1.29 is 19.1 Å². The van der Waals surface area contributed by atoms with Gasteiger partial charge in [-0.3, -0.25) is 19.4 Å². The molecule has 2 fully saturated rings. The van der Waals surface area contributed by atoms with E-state index in [1.165, 1.54) is 0 Å². The van der Waals surface area contributed by atoms with E-state index >= 15 is 0 Å². The van der Waals surface area contributed by atoms with Gasteiger partial charge >= 0.3 is 5.97 Å². The number of carbonyl (C=O) groups is 3. The molecule has 2 amide bonds. The van der Waals surface area contributed by atoms with E-state index in [1.807, 2.05) is 17.0 Å². The van der Waals surface area contributed by atoms with E-state index in [0.29, 0.717) is 38.5 Å². The molecule has 0 spiro atoms. The van der Waals surface area contributed by atoms with Gasteiger partial charge in [0.05, 0.1) is 12.6 Å². The van der Waals surface area contributed by atoms with E-state index < -0.39 is 12.0 Å². The number of hydrogen-bond acceptors (Lipinski definition) is 7. The number of likely N-dealkylation sites (tertiary alicyclic amines) is 1. The predicted molar refractivity (Wildman–Crippen MR) is 116 cm³/mol. The number of piperidine rings is 1. The molecule has 0 saturated carbocycles. The van der Waals surface area contributed by atoms with Gasteiger partial charge in [-0.25, -0.2) is 0 Å². The van der Waals surface area contributed by atoms with Crippen LogP contribution in [-0.4, -0.2) is 84.5 Å². The predicted octanol–water partition coefficient (Wildman–Crippen LogP) is 0.639. The molecule has 0 radical (unpaired) electrons. The first-order valence-corrected chi connectivity index (χ1v) is 11.1. The average molecular weight is 432 g/mol. The minimum Gasteiger partial charge on any atom is -0.466 e. The molecule has 2 aliphatic heterocycles. The zero-order valence-corrected chi connectivity index (χ0v) is 18.2. The van der Waals surface area contributed by atoms with Crippen molar-refractivity contribution in [3.05, 3.63) is 24.5 Å². The van der Waals surface area contributed by atoms with Crippen molar-refractivity contribution in [2.24, 2.45) is 11.7 Å². The molecule has 2 N–H and O–H groups in total. The quantitative estimate of drug-likeness (QED) is 0.498. The summed E-state index contributed by atoms with van der Waals surface area (Å²) in [5.41, 5.74) is 7.38. The Morgan fingerprint density at radius 2 is 1.71 bits per heavy atom. The monoisotopic (exact) mass is 431 g/mol. The van der Waals surface area contributed by atoms with Crippen LogP contribution in [0, 0.1) is 5.92 Å². The molecule has 2 aliphatic rings. The molecule has 9 nitrogen and oxygen atoms in total. The van der Waals surface area contributed by atoms with Gasteiger partial charge in [-0.2, -0.15) is 0 Å². The van der Waals surface area contributed by atoms with Gasteiger partial charge in [-0.05, 0) is 44.2 Å². The minimum absolute atomic E-state index is 0.00944. The Kier molecular flexibility index (Phi) is 8.22. The van der Waals surface area contributed by atoms with E-state index in [1.54, 1.807) is 24.2 Å². The summed E-state index contributed by atoms with van der Waals surface area (Å²) in [5, 5.41) is 0. The summed E-state index contributed by atoms with van der Waals surface area (Å²) in [6.45, 7) is 6.07. The van der Waals surface area contributed by atoms with Crippen molar-refractivity contribution in [2.45, 2.75) is 38.6 Å². The number of pyridine rings is 1. The third-order valence-corrected chi connectivity index (χ3v) is 6.09. The van der Waals surface area contributed by atoms with Gasteiger partial charge in [0.15, 0.2) is 0 Å². The highest BCUT2D eigenvalue weighted by Gasteiger charge is 2.30. The third kappa shape index (κ3) is 6.40. The third-order valence-electron chi connectivity index (χ3n) is 6.09. The molecule has 0 bridgehead atoms. The van der Waals surface area contributed by atoms with E-state index in [2.05, 4.69) is 9.88 Å². The number of piperazine rings is 1. The maximum atomic E-state index is 12.8. The minimum atomic E-state index is -0.515. The lowest BCUT2D eigenvalue weighted by Crippen LogP contribution is -2.53. The highest BCUT2D eigenvalue weighted by atomic mass is 16.5. The molecule has 3 heterocycles. The molecule has 0 unspecified atom stereocenters. The summed E-state index contributed by atoms with van der Waals surface area (Å²) in [4.78, 5) is 46.4. The largest absolute Gasteiger partial charge is 0.466 e. The number of carbonyl (C=O) groups excluding carboxylic acids is 3. The van der Waals surface area contributed by atoms with Crippen LogP contribution in [0.15, 0.2) is 24.5 Å². The highest BCUT2D eigenvalue weighted by Crippen LogP contribution is 2.23. The topological polar surface area (TPSA) is 109 Å². The number of nitrogens with zero attached hydrogens (tertiary/aromatic N) is 4. The molecule has 3 rings (SSSR count). The van der Waals surface area contributed by atoms with Gasteiger partial charge in [-0.1, -0.05) is 0 Å². The second-order valence-corrected chi connectivity index (χ2v) is 8.17. The molecule has 1 aromatic heterocycles. The Balaban J connectivity index is 1.39. The van der Waals surface area contributed by atoms with Crippen molar-refractivity contribution >= 4 is 23.5 Å². The summed E-state index contributed by atoms with van der Waals surface area (Å²) in [6.07, 6.45) is 5.57. The Bertz CT molecular complexity index is 744. The van der Waals surface area contributed by atoms with Gasteiger partial charge in [0.2, 0.25) is 11.8 Å². The molecule has 1 aromatic rings. The Morgan fingerprint density at radius 1 is 1.06 bits per heavy atom. The van der Waals surface area contributed by atoms with Crippen LogP contribution in [0.4, 0.5) is 5.69 Å². The molecule has 0 aromatic carbocycles. The Hall–Kier alpha value is -2.68. The number of amides is 2. The SMILES string of the molecule is CCOC(=O)CC(=O)N1CCC(C[C@H](N)C(=O)N2CCN(c3ccncc3)CC2)CC1. The van der Waals surface area contributed by atoms with Crippen LogP contribution < -0.4 is 10.6 Å². The fourth-order valence-electron chi connectivity index (χ4n) is 4.30. The lowest BCUT2D eigenvalue weighted by molar-refractivity contribution is -0.149. The van der Waals surface area contributed by atoms with Crippen LogP contribution >= 0.6 is 0 Å². The maximum absolute atomic E-state index is 12.8. The van der Waals surface area contributed by atoms with Gasteiger partial charge in [-0.15, -0.1) is 0 Å². The van der Waals surface area contributed by atoms with Crippen molar-refractivity contribution in [3.8, 4) is 0 Å². The molecule has 0 aliphatic carbocycles. The molecular weight excluding hydrogens is 398 g/mol. The van der Waals surface area contributed by atoms with Crippen molar-refractivity contribution in [2.75, 3.05) is 50.8 Å². The summed E-state index contributed by atoms with van der Waals surface area (Å²) < 4.78 is 4.84. The van der Waals surface area contributed by atoms with E-state index in [0.717, 1.165) is 31.6 Å². The Morgan fingerprint density at radius 3 is 2.32 bits per heavy atom. The zero-order chi connectivity index (χ0) is 22.2. The van der Waals surface area contributed by atoms with E-state index in [4.69, 9.17) is 10.5 Å². The lowest BCUT2D eigenvalue weighted by Gasteiger charge is -2.38. The molecule has 2 saturated heterocycles. The fraction of sp³-hybridized carbons (Fsp3) is 0.636. The number of aromatic nitrogens is 1. The lowest BCUT2D eigenvalue weighted by atomic mass is 9.90. The molecule has 1 atom stereocenters. The first-order chi connectivity index (χ1) is 15.0. The first kappa shape index (κ1) is 23.0.